The Kier molecular flexibility index (Phi) is 8.70. The van der Waals surface area contributed by atoms with Crippen molar-refractivity contribution in [2.75, 3.05) is 5.32 Å². The summed E-state index contributed by atoms with van der Waals surface area (Å²) in [7, 11) is 0. The zero-order valence-corrected chi connectivity index (χ0v) is 23.4. The van der Waals surface area contributed by atoms with Crippen LogP contribution in [0, 0.1) is 13.8 Å². The van der Waals surface area contributed by atoms with Gasteiger partial charge in [-0.25, -0.2) is 0 Å². The monoisotopic (exact) mass is 594 g/mol. The third-order valence-corrected chi connectivity index (χ3v) is 7.36. The molecule has 1 unspecified atom stereocenters. The van der Waals surface area contributed by atoms with E-state index in [1.807, 2.05) is 68.4 Å². The van der Waals surface area contributed by atoms with Crippen molar-refractivity contribution in [3.8, 4) is 0 Å². The van der Waals surface area contributed by atoms with Crippen molar-refractivity contribution in [2.24, 2.45) is 0 Å². The number of benzene rings is 4. The summed E-state index contributed by atoms with van der Waals surface area (Å²) in [6.45, 7) is 4.05. The molecule has 0 bridgehead atoms. The lowest BCUT2D eigenvalue weighted by Crippen LogP contribution is -2.41. The number of hydrogen-bond acceptors (Lipinski definition) is 2. The van der Waals surface area contributed by atoms with Crippen LogP contribution in [0.25, 0.3) is 0 Å². The lowest BCUT2D eigenvalue weighted by molar-refractivity contribution is -0.121. The van der Waals surface area contributed by atoms with Crippen molar-refractivity contribution >= 4 is 56.6 Å². The summed E-state index contributed by atoms with van der Waals surface area (Å²) in [4.78, 5) is 29.7. The molecule has 0 aliphatic carbocycles. The normalized spacial score (nSPS) is 11.6. The van der Waals surface area contributed by atoms with Gasteiger partial charge in [0.1, 0.15) is 6.04 Å². The van der Waals surface area contributed by atoms with Crippen molar-refractivity contribution in [1.29, 1.82) is 0 Å². The first-order valence-corrected chi connectivity index (χ1v) is 13.2. The molecule has 2 amide bonds. The first kappa shape index (κ1) is 26.9. The van der Waals surface area contributed by atoms with Gasteiger partial charge < -0.3 is 10.2 Å². The molecule has 4 nitrogen and oxygen atoms in total. The van der Waals surface area contributed by atoms with Gasteiger partial charge in [0.05, 0.1) is 5.56 Å². The number of nitrogens with one attached hydrogen (secondary N) is 1. The van der Waals surface area contributed by atoms with E-state index in [9.17, 15) is 9.59 Å². The van der Waals surface area contributed by atoms with Crippen molar-refractivity contribution < 1.29 is 9.59 Å². The van der Waals surface area contributed by atoms with E-state index in [4.69, 9.17) is 23.2 Å². The number of carbonyl (C=O) groups excluding carboxylic acids is 2. The van der Waals surface area contributed by atoms with Gasteiger partial charge in [-0.2, -0.15) is 0 Å². The minimum Gasteiger partial charge on any atom is -0.323 e. The van der Waals surface area contributed by atoms with Crippen molar-refractivity contribution in [3.05, 3.63) is 133 Å². The first-order valence-electron chi connectivity index (χ1n) is 11.7. The van der Waals surface area contributed by atoms with Crippen LogP contribution >= 0.6 is 39.1 Å². The molecule has 0 radical (unpaired) electrons. The van der Waals surface area contributed by atoms with Crippen molar-refractivity contribution in [1.82, 2.24) is 4.90 Å². The predicted octanol–water partition coefficient (Wildman–Crippen LogP) is 8.40. The number of rotatable bonds is 7. The van der Waals surface area contributed by atoms with Gasteiger partial charge in [-0.1, -0.05) is 89.9 Å². The standard InChI is InChI=1S/C30H25BrCl2N2O2/c1-19-9-8-10-20(2)27(19)34-29(36)28(24-16-15-22(32)17-26(24)33)35(18-21-11-4-3-5-12-21)30(37)23-13-6-7-14-25(23)31/h3-17,28H,18H2,1-2H3,(H,34,36). The molecule has 0 fully saturated rings. The highest BCUT2D eigenvalue weighted by atomic mass is 79.9. The molecule has 1 atom stereocenters. The third kappa shape index (κ3) is 6.24. The van der Waals surface area contributed by atoms with Crippen molar-refractivity contribution in [3.63, 3.8) is 0 Å². The van der Waals surface area contributed by atoms with Gasteiger partial charge in [0.15, 0.2) is 0 Å². The van der Waals surface area contributed by atoms with Crippen LogP contribution in [0.2, 0.25) is 10.0 Å². The Morgan fingerprint density at radius 1 is 0.865 bits per heavy atom. The second-order valence-corrected chi connectivity index (χ2v) is 10.4. The highest BCUT2D eigenvalue weighted by molar-refractivity contribution is 9.10. The molecule has 0 aromatic heterocycles. The first-order chi connectivity index (χ1) is 17.8. The molecule has 4 rings (SSSR count). The van der Waals surface area contributed by atoms with Gasteiger partial charge in [0.2, 0.25) is 0 Å². The fourth-order valence-corrected chi connectivity index (χ4v) is 5.19. The van der Waals surface area contributed by atoms with E-state index in [0.717, 1.165) is 16.7 Å². The van der Waals surface area contributed by atoms with E-state index in [2.05, 4.69) is 21.2 Å². The summed E-state index contributed by atoms with van der Waals surface area (Å²) in [6.07, 6.45) is 0. The molecule has 0 aliphatic rings. The van der Waals surface area contributed by atoms with Gasteiger partial charge in [0, 0.05) is 32.3 Å². The maximum Gasteiger partial charge on any atom is 0.256 e. The lowest BCUT2D eigenvalue weighted by Gasteiger charge is -2.33. The zero-order chi connectivity index (χ0) is 26.5. The number of anilines is 1. The average Bonchev–Trinajstić information content (AvgIpc) is 2.87. The van der Waals surface area contributed by atoms with Crippen LogP contribution in [0.15, 0.2) is 95.5 Å². The van der Waals surface area contributed by atoms with Crippen molar-refractivity contribution in [2.45, 2.75) is 26.4 Å². The average molecular weight is 596 g/mol. The number of aryl methyl sites for hydroxylation is 2. The Morgan fingerprint density at radius 3 is 2.16 bits per heavy atom. The number of carbonyl (C=O) groups is 2. The summed E-state index contributed by atoms with van der Waals surface area (Å²) in [5.41, 5.74) is 4.33. The van der Waals surface area contributed by atoms with Crippen LogP contribution < -0.4 is 5.32 Å². The van der Waals surface area contributed by atoms with E-state index < -0.39 is 6.04 Å². The third-order valence-electron chi connectivity index (χ3n) is 6.11. The minimum atomic E-state index is -1.04. The minimum absolute atomic E-state index is 0.185. The SMILES string of the molecule is Cc1cccc(C)c1NC(=O)C(c1ccc(Cl)cc1Cl)N(Cc1ccccc1)C(=O)c1ccccc1Br. The van der Waals surface area contributed by atoms with E-state index in [1.54, 1.807) is 41.3 Å². The Bertz CT molecular complexity index is 1420. The van der Waals surface area contributed by atoms with E-state index in [-0.39, 0.29) is 18.4 Å². The second-order valence-electron chi connectivity index (χ2n) is 8.72. The summed E-state index contributed by atoms with van der Waals surface area (Å²) in [5, 5.41) is 3.81. The number of hydrogen-bond donors (Lipinski definition) is 1. The van der Waals surface area contributed by atoms with Crippen LogP contribution in [0.5, 0.6) is 0 Å². The quantitative estimate of drug-likeness (QED) is 0.233. The van der Waals surface area contributed by atoms with Crippen LogP contribution in [0.1, 0.15) is 38.7 Å². The zero-order valence-electron chi connectivity index (χ0n) is 20.3. The second kappa shape index (κ2) is 12.0. The summed E-state index contributed by atoms with van der Waals surface area (Å²) >= 11 is 16.3. The van der Waals surface area contributed by atoms with E-state index >= 15 is 0 Å². The van der Waals surface area contributed by atoms with Gasteiger partial charge >= 0.3 is 0 Å². The van der Waals surface area contributed by atoms with Gasteiger partial charge in [-0.05, 0) is 70.7 Å². The predicted molar refractivity (Wildman–Crippen MR) is 154 cm³/mol. The number of halogens is 3. The number of nitrogens with zero attached hydrogens (tertiary/aromatic N) is 1. The molecule has 4 aromatic rings. The molecule has 7 heteroatoms. The van der Waals surface area contributed by atoms with Crippen LogP contribution in [-0.2, 0) is 11.3 Å². The largest absolute Gasteiger partial charge is 0.323 e. The molecule has 4 aromatic carbocycles. The summed E-state index contributed by atoms with van der Waals surface area (Å²) < 4.78 is 0.633. The number of amides is 2. The Hall–Kier alpha value is -3.12. The molecule has 1 N–H and O–H groups in total. The lowest BCUT2D eigenvalue weighted by atomic mass is 10.0. The van der Waals surface area contributed by atoms with Crippen LogP contribution in [-0.4, -0.2) is 16.7 Å². The Balaban J connectivity index is 1.87. The van der Waals surface area contributed by atoms with E-state index in [1.165, 1.54) is 0 Å². The van der Waals surface area contributed by atoms with Gasteiger partial charge in [-0.15, -0.1) is 0 Å². The topological polar surface area (TPSA) is 49.4 Å². The molecule has 0 heterocycles. The molecule has 0 spiro atoms. The maximum absolute atomic E-state index is 14.1. The van der Waals surface area contributed by atoms with Gasteiger partial charge in [-0.3, -0.25) is 9.59 Å². The van der Waals surface area contributed by atoms with E-state index in [0.29, 0.717) is 31.3 Å². The molecule has 188 valence electrons. The highest BCUT2D eigenvalue weighted by Gasteiger charge is 2.34. The molecular formula is C30H25BrCl2N2O2. The van der Waals surface area contributed by atoms with Gasteiger partial charge in [0.25, 0.3) is 11.8 Å². The van der Waals surface area contributed by atoms with Crippen LogP contribution in [0.3, 0.4) is 0 Å². The fraction of sp³-hybridized carbons (Fsp3) is 0.133. The van der Waals surface area contributed by atoms with Crippen LogP contribution in [0.4, 0.5) is 5.69 Å². The Labute approximate surface area is 235 Å². The molecule has 0 saturated carbocycles. The smallest absolute Gasteiger partial charge is 0.256 e. The summed E-state index contributed by atoms with van der Waals surface area (Å²) in [5.74, 6) is -0.693. The molecule has 0 saturated heterocycles. The summed E-state index contributed by atoms with van der Waals surface area (Å²) in [6, 6.07) is 26.4. The highest BCUT2D eigenvalue weighted by Crippen LogP contribution is 2.35. The molecular weight excluding hydrogens is 571 g/mol. The molecule has 0 aliphatic heterocycles. The number of para-hydroxylation sites is 1. The fourth-order valence-electron chi connectivity index (χ4n) is 4.23. The maximum atomic E-state index is 14.1. The molecule has 37 heavy (non-hydrogen) atoms. The Morgan fingerprint density at radius 2 is 1.51 bits per heavy atom.